The van der Waals surface area contributed by atoms with Crippen LogP contribution in [-0.2, 0) is 4.79 Å². The van der Waals surface area contributed by atoms with Gasteiger partial charge in [0.05, 0.1) is 12.1 Å². The number of benzene rings is 1. The van der Waals surface area contributed by atoms with Crippen LogP contribution in [0.5, 0.6) is 0 Å². The van der Waals surface area contributed by atoms with Crippen molar-refractivity contribution < 1.29 is 14.3 Å². The van der Waals surface area contributed by atoms with Crippen molar-refractivity contribution in [2.75, 3.05) is 37.6 Å². The lowest BCUT2D eigenvalue weighted by atomic mass is 10.1. The lowest BCUT2D eigenvalue weighted by Gasteiger charge is -2.37. The molecule has 5 nitrogen and oxygen atoms in total. The normalized spacial score (nSPS) is 26.2. The molecule has 1 aromatic carbocycles. The first-order chi connectivity index (χ1) is 10.1. The van der Waals surface area contributed by atoms with Crippen molar-refractivity contribution >= 4 is 11.6 Å². The van der Waals surface area contributed by atoms with E-state index in [0.717, 1.165) is 18.8 Å². The number of carbonyl (C=O) groups excluding carboxylic acids is 1. The minimum atomic E-state index is -0.417. The van der Waals surface area contributed by atoms with Gasteiger partial charge in [-0.2, -0.15) is 0 Å². The molecule has 6 heteroatoms. The largest absolute Gasteiger partial charge is 0.392 e. The van der Waals surface area contributed by atoms with Crippen molar-refractivity contribution in [3.8, 4) is 0 Å². The topological polar surface area (TPSA) is 55.8 Å². The molecule has 2 atom stereocenters. The van der Waals surface area contributed by atoms with E-state index in [1.54, 1.807) is 12.1 Å². The Kier molecular flexibility index (Phi) is 4.07. The molecule has 0 bridgehead atoms. The second-order valence-electron chi connectivity index (χ2n) is 5.64. The molecular formula is C15H20FN3O2. The Morgan fingerprint density at radius 1 is 1.19 bits per heavy atom. The smallest absolute Gasteiger partial charge is 0.239 e. The molecular weight excluding hydrogens is 273 g/mol. The van der Waals surface area contributed by atoms with Crippen molar-refractivity contribution in [2.24, 2.45) is 0 Å². The zero-order valence-electron chi connectivity index (χ0n) is 11.8. The summed E-state index contributed by atoms with van der Waals surface area (Å²) in [5.41, 5.74) is 0.984. The number of aliphatic hydroxyl groups is 1. The Morgan fingerprint density at radius 2 is 1.86 bits per heavy atom. The summed E-state index contributed by atoms with van der Waals surface area (Å²) in [4.78, 5) is 16.3. The molecule has 114 valence electrons. The first kappa shape index (κ1) is 14.3. The summed E-state index contributed by atoms with van der Waals surface area (Å²) in [7, 11) is 0. The molecule has 1 amide bonds. The molecule has 1 aromatic rings. The third-order valence-corrected chi connectivity index (χ3v) is 4.19. The first-order valence-corrected chi connectivity index (χ1v) is 7.34. The molecule has 2 aliphatic rings. The van der Waals surface area contributed by atoms with E-state index in [-0.39, 0.29) is 17.8 Å². The number of anilines is 1. The average molecular weight is 293 g/mol. The van der Waals surface area contributed by atoms with Crippen molar-refractivity contribution in [2.45, 2.75) is 18.6 Å². The Morgan fingerprint density at radius 3 is 2.43 bits per heavy atom. The van der Waals surface area contributed by atoms with Gasteiger partial charge in [-0.25, -0.2) is 4.39 Å². The fraction of sp³-hybridized carbons (Fsp3) is 0.533. The van der Waals surface area contributed by atoms with Crippen LogP contribution in [0.1, 0.15) is 6.42 Å². The van der Waals surface area contributed by atoms with Crippen molar-refractivity contribution in [1.82, 2.24) is 10.2 Å². The van der Waals surface area contributed by atoms with Gasteiger partial charge in [0.15, 0.2) is 0 Å². The van der Waals surface area contributed by atoms with Crippen LogP contribution in [0.15, 0.2) is 24.3 Å². The first-order valence-electron chi connectivity index (χ1n) is 7.34. The number of halogens is 1. The molecule has 0 aromatic heterocycles. The van der Waals surface area contributed by atoms with Gasteiger partial charge in [-0.3, -0.25) is 4.79 Å². The second-order valence-corrected chi connectivity index (χ2v) is 5.64. The van der Waals surface area contributed by atoms with E-state index in [2.05, 4.69) is 10.2 Å². The maximum atomic E-state index is 12.9. The number of aliphatic hydroxyl groups excluding tert-OH is 1. The highest BCUT2D eigenvalue weighted by Crippen LogP contribution is 2.18. The Bertz CT molecular complexity index is 500. The summed E-state index contributed by atoms with van der Waals surface area (Å²) >= 11 is 0. The van der Waals surface area contributed by atoms with Gasteiger partial charge in [0.1, 0.15) is 5.82 Å². The zero-order chi connectivity index (χ0) is 14.8. The minimum Gasteiger partial charge on any atom is -0.392 e. The number of hydrogen-bond acceptors (Lipinski definition) is 4. The Balaban J connectivity index is 1.55. The van der Waals surface area contributed by atoms with E-state index in [0.29, 0.717) is 26.1 Å². The van der Waals surface area contributed by atoms with Crippen LogP contribution in [-0.4, -0.2) is 60.8 Å². The molecule has 2 aliphatic heterocycles. The number of amides is 1. The van der Waals surface area contributed by atoms with Crippen LogP contribution >= 0.6 is 0 Å². The van der Waals surface area contributed by atoms with Gasteiger partial charge in [0.25, 0.3) is 0 Å². The van der Waals surface area contributed by atoms with Gasteiger partial charge in [-0.15, -0.1) is 0 Å². The van der Waals surface area contributed by atoms with Gasteiger partial charge >= 0.3 is 0 Å². The number of β-amino-alcohol motifs (C(OH)–C–C–N with tert-alkyl or cyclic N) is 1. The van der Waals surface area contributed by atoms with Crippen molar-refractivity contribution in [1.29, 1.82) is 0 Å². The van der Waals surface area contributed by atoms with Gasteiger partial charge in [0.2, 0.25) is 5.91 Å². The van der Waals surface area contributed by atoms with Crippen LogP contribution in [0, 0.1) is 5.82 Å². The summed E-state index contributed by atoms with van der Waals surface area (Å²) in [5.74, 6) is -0.163. The van der Waals surface area contributed by atoms with Crippen molar-refractivity contribution in [3.63, 3.8) is 0 Å². The molecule has 0 radical (unpaired) electrons. The Hall–Kier alpha value is -1.66. The van der Waals surface area contributed by atoms with Gasteiger partial charge in [-0.1, -0.05) is 0 Å². The summed E-state index contributed by atoms with van der Waals surface area (Å²) in [6.07, 6.45) is 0.0799. The van der Waals surface area contributed by atoms with Crippen LogP contribution in [0.3, 0.4) is 0 Å². The molecule has 2 fully saturated rings. The lowest BCUT2D eigenvalue weighted by molar-refractivity contribution is -0.133. The quantitative estimate of drug-likeness (QED) is 0.818. The maximum Gasteiger partial charge on any atom is 0.239 e. The predicted octanol–water partition coefficient (Wildman–Crippen LogP) is 0.197. The highest BCUT2D eigenvalue weighted by molar-refractivity contribution is 5.82. The molecule has 3 rings (SSSR count). The molecule has 2 saturated heterocycles. The van der Waals surface area contributed by atoms with E-state index in [4.69, 9.17) is 0 Å². The fourth-order valence-electron chi connectivity index (χ4n) is 2.96. The highest BCUT2D eigenvalue weighted by Gasteiger charge is 2.32. The van der Waals surface area contributed by atoms with Gasteiger partial charge in [-0.05, 0) is 30.7 Å². The van der Waals surface area contributed by atoms with E-state index >= 15 is 0 Å². The summed E-state index contributed by atoms with van der Waals surface area (Å²) < 4.78 is 12.9. The number of rotatable bonds is 2. The fourth-order valence-corrected chi connectivity index (χ4v) is 2.96. The number of nitrogens with one attached hydrogen (secondary N) is 1. The van der Waals surface area contributed by atoms with E-state index < -0.39 is 6.10 Å². The van der Waals surface area contributed by atoms with E-state index in [1.807, 2.05) is 4.90 Å². The molecule has 2 N–H and O–H groups in total. The van der Waals surface area contributed by atoms with E-state index in [1.165, 1.54) is 12.1 Å². The molecule has 0 spiro atoms. The molecule has 21 heavy (non-hydrogen) atoms. The average Bonchev–Trinajstić information content (AvgIpc) is 2.94. The predicted molar refractivity (Wildman–Crippen MR) is 77.6 cm³/mol. The second kappa shape index (κ2) is 5.99. The molecule has 2 unspecified atom stereocenters. The zero-order valence-corrected chi connectivity index (χ0v) is 11.8. The van der Waals surface area contributed by atoms with Crippen molar-refractivity contribution in [3.05, 3.63) is 30.1 Å². The highest BCUT2D eigenvalue weighted by atomic mass is 19.1. The van der Waals surface area contributed by atoms with Gasteiger partial charge in [0, 0.05) is 38.4 Å². The number of hydrogen-bond donors (Lipinski definition) is 2. The van der Waals surface area contributed by atoms with Crippen LogP contribution in [0.25, 0.3) is 0 Å². The lowest BCUT2D eigenvalue weighted by Crippen LogP contribution is -2.53. The number of carbonyl (C=O) groups is 1. The number of nitrogens with zero attached hydrogens (tertiary/aromatic N) is 2. The Labute approximate surface area is 123 Å². The third kappa shape index (κ3) is 3.16. The van der Waals surface area contributed by atoms with E-state index in [9.17, 15) is 14.3 Å². The number of piperazine rings is 1. The minimum absolute atomic E-state index is 0.0744. The third-order valence-electron chi connectivity index (χ3n) is 4.19. The molecule has 0 saturated carbocycles. The van der Waals surface area contributed by atoms with Gasteiger partial charge < -0.3 is 20.2 Å². The van der Waals surface area contributed by atoms with Crippen LogP contribution in [0.2, 0.25) is 0 Å². The van der Waals surface area contributed by atoms with Crippen LogP contribution < -0.4 is 10.2 Å². The standard InChI is InChI=1S/C15H20FN3O2/c16-11-1-3-12(4-2-11)18-5-7-19(8-6-18)15(21)14-9-13(20)10-17-14/h1-4,13-14,17,20H,5-10H2. The maximum absolute atomic E-state index is 12.9. The molecule has 2 heterocycles. The summed E-state index contributed by atoms with van der Waals surface area (Å²) in [6, 6.07) is 6.19. The monoisotopic (exact) mass is 293 g/mol. The van der Waals surface area contributed by atoms with Crippen LogP contribution in [0.4, 0.5) is 10.1 Å². The SMILES string of the molecule is O=C(C1CC(O)CN1)N1CCN(c2ccc(F)cc2)CC1. The molecule has 0 aliphatic carbocycles. The summed E-state index contributed by atoms with van der Waals surface area (Å²) in [6.45, 7) is 3.29. The summed E-state index contributed by atoms with van der Waals surface area (Å²) in [5, 5.41) is 12.5.